The summed E-state index contributed by atoms with van der Waals surface area (Å²) in [4.78, 5) is 13.8. The third-order valence-corrected chi connectivity index (χ3v) is 3.10. The Bertz CT molecular complexity index is 448. The number of hydrogen-bond donors (Lipinski definition) is 1. The summed E-state index contributed by atoms with van der Waals surface area (Å²) in [5.74, 6) is 0.892. The van der Waals surface area contributed by atoms with Crippen molar-refractivity contribution in [3.05, 3.63) is 23.7 Å². The number of nitrogens with one attached hydrogen (secondary N) is 1. The van der Waals surface area contributed by atoms with Gasteiger partial charge in [-0.25, -0.2) is 4.79 Å². The lowest BCUT2D eigenvalue weighted by Crippen LogP contribution is -2.49. The van der Waals surface area contributed by atoms with Crippen molar-refractivity contribution in [3.8, 4) is 0 Å². The molecule has 1 amide bonds. The van der Waals surface area contributed by atoms with Gasteiger partial charge in [0.15, 0.2) is 0 Å². The molecule has 1 unspecified atom stereocenters. The smallest absolute Gasteiger partial charge is 0.410 e. The molecule has 5 nitrogen and oxygen atoms in total. The normalized spacial score (nSPS) is 20.4. The van der Waals surface area contributed by atoms with E-state index >= 15 is 0 Å². The highest BCUT2D eigenvalue weighted by Gasteiger charge is 2.29. The lowest BCUT2D eigenvalue weighted by atomic mass is 10.1. The molecule has 0 aliphatic carbocycles. The minimum Gasteiger partial charge on any atom is -0.469 e. The SMILES string of the molecule is Cc1occc1C1CN(C(=O)OC(C)(C)C)CCN1. The monoisotopic (exact) mass is 266 g/mol. The first-order valence-electron chi connectivity index (χ1n) is 6.62. The lowest BCUT2D eigenvalue weighted by Gasteiger charge is -2.34. The van der Waals surface area contributed by atoms with Crippen LogP contribution in [-0.2, 0) is 4.74 Å². The molecule has 5 heteroatoms. The van der Waals surface area contributed by atoms with E-state index < -0.39 is 5.60 Å². The van der Waals surface area contributed by atoms with E-state index in [1.165, 1.54) is 0 Å². The first-order chi connectivity index (χ1) is 8.87. The zero-order valence-electron chi connectivity index (χ0n) is 12.0. The zero-order chi connectivity index (χ0) is 14.0. The second kappa shape index (κ2) is 5.25. The molecule has 1 aromatic heterocycles. The highest BCUT2D eigenvalue weighted by Crippen LogP contribution is 2.22. The Kier molecular flexibility index (Phi) is 3.85. The van der Waals surface area contributed by atoms with Crippen LogP contribution in [0.3, 0.4) is 0 Å². The molecule has 106 valence electrons. The molecule has 1 atom stereocenters. The number of piperazine rings is 1. The number of hydrogen-bond acceptors (Lipinski definition) is 4. The van der Waals surface area contributed by atoms with Gasteiger partial charge < -0.3 is 19.4 Å². The molecule has 0 saturated carbocycles. The summed E-state index contributed by atoms with van der Waals surface area (Å²) in [7, 11) is 0. The molecule has 1 aliphatic rings. The number of rotatable bonds is 1. The lowest BCUT2D eigenvalue weighted by molar-refractivity contribution is 0.0194. The van der Waals surface area contributed by atoms with Gasteiger partial charge in [-0.15, -0.1) is 0 Å². The molecular formula is C14H22N2O3. The predicted octanol–water partition coefficient (Wildman–Crippen LogP) is 2.47. The van der Waals surface area contributed by atoms with E-state index in [0.717, 1.165) is 17.9 Å². The zero-order valence-corrected chi connectivity index (χ0v) is 12.0. The number of aryl methyl sites for hydroxylation is 1. The summed E-state index contributed by atoms with van der Waals surface area (Å²) in [5, 5.41) is 3.40. The molecule has 1 aromatic rings. The first kappa shape index (κ1) is 13.9. The number of carbonyl (C=O) groups is 1. The van der Waals surface area contributed by atoms with E-state index in [4.69, 9.17) is 9.15 Å². The number of ether oxygens (including phenoxy) is 1. The Morgan fingerprint density at radius 3 is 2.84 bits per heavy atom. The second-order valence-corrected chi connectivity index (χ2v) is 5.87. The largest absolute Gasteiger partial charge is 0.469 e. The summed E-state index contributed by atoms with van der Waals surface area (Å²) >= 11 is 0. The van der Waals surface area contributed by atoms with Crippen LogP contribution in [0.2, 0.25) is 0 Å². The van der Waals surface area contributed by atoms with Crippen LogP contribution in [0.4, 0.5) is 4.79 Å². The van der Waals surface area contributed by atoms with Gasteiger partial charge in [-0.1, -0.05) is 0 Å². The molecule has 19 heavy (non-hydrogen) atoms. The van der Waals surface area contributed by atoms with Crippen molar-refractivity contribution in [1.29, 1.82) is 0 Å². The van der Waals surface area contributed by atoms with Crippen molar-refractivity contribution in [2.24, 2.45) is 0 Å². The van der Waals surface area contributed by atoms with Gasteiger partial charge in [0, 0.05) is 25.2 Å². The van der Waals surface area contributed by atoms with Gasteiger partial charge in [0.05, 0.1) is 12.3 Å². The van der Waals surface area contributed by atoms with Gasteiger partial charge in [-0.05, 0) is 33.8 Å². The molecule has 1 saturated heterocycles. The average Bonchev–Trinajstić information content (AvgIpc) is 2.73. The van der Waals surface area contributed by atoms with Crippen LogP contribution in [0.1, 0.15) is 38.1 Å². The van der Waals surface area contributed by atoms with Crippen molar-refractivity contribution >= 4 is 6.09 Å². The maximum Gasteiger partial charge on any atom is 0.410 e. The van der Waals surface area contributed by atoms with E-state index in [0.29, 0.717) is 13.1 Å². The van der Waals surface area contributed by atoms with Gasteiger partial charge in [-0.3, -0.25) is 0 Å². The Hall–Kier alpha value is -1.49. The fraction of sp³-hybridized carbons (Fsp3) is 0.643. The van der Waals surface area contributed by atoms with Crippen LogP contribution in [0.5, 0.6) is 0 Å². The summed E-state index contributed by atoms with van der Waals surface area (Å²) in [6.07, 6.45) is 1.43. The van der Waals surface area contributed by atoms with Crippen LogP contribution in [0.25, 0.3) is 0 Å². The molecule has 1 fully saturated rings. The molecule has 0 bridgehead atoms. The highest BCUT2D eigenvalue weighted by molar-refractivity contribution is 5.68. The molecule has 0 aromatic carbocycles. The van der Waals surface area contributed by atoms with Crippen LogP contribution >= 0.6 is 0 Å². The maximum absolute atomic E-state index is 12.1. The van der Waals surface area contributed by atoms with Gasteiger partial charge in [0.1, 0.15) is 11.4 Å². The molecule has 1 aliphatic heterocycles. The highest BCUT2D eigenvalue weighted by atomic mass is 16.6. The van der Waals surface area contributed by atoms with Crippen molar-refractivity contribution in [1.82, 2.24) is 10.2 Å². The van der Waals surface area contributed by atoms with E-state index in [1.807, 2.05) is 33.8 Å². The second-order valence-electron chi connectivity index (χ2n) is 5.87. The van der Waals surface area contributed by atoms with Crippen LogP contribution in [-0.4, -0.2) is 36.2 Å². The van der Waals surface area contributed by atoms with Gasteiger partial charge in [-0.2, -0.15) is 0 Å². The summed E-state index contributed by atoms with van der Waals surface area (Å²) in [6.45, 7) is 9.61. The number of nitrogens with zero attached hydrogens (tertiary/aromatic N) is 1. The molecular weight excluding hydrogens is 244 g/mol. The quantitative estimate of drug-likeness (QED) is 0.848. The fourth-order valence-corrected chi connectivity index (χ4v) is 2.21. The van der Waals surface area contributed by atoms with Crippen LogP contribution in [0.15, 0.2) is 16.7 Å². The van der Waals surface area contributed by atoms with Crippen LogP contribution < -0.4 is 5.32 Å². The number of amides is 1. The molecule has 0 radical (unpaired) electrons. The van der Waals surface area contributed by atoms with Gasteiger partial charge in [0.2, 0.25) is 0 Å². The first-order valence-corrected chi connectivity index (χ1v) is 6.62. The summed E-state index contributed by atoms with van der Waals surface area (Å²) < 4.78 is 10.7. The Morgan fingerprint density at radius 2 is 2.26 bits per heavy atom. The predicted molar refractivity (Wildman–Crippen MR) is 72.0 cm³/mol. The third kappa shape index (κ3) is 3.50. The number of furan rings is 1. The van der Waals surface area contributed by atoms with Gasteiger partial charge in [0.25, 0.3) is 0 Å². The maximum atomic E-state index is 12.1. The number of carbonyl (C=O) groups excluding carboxylic acids is 1. The summed E-state index contributed by atoms with van der Waals surface area (Å²) in [5.41, 5.74) is 0.650. The fourth-order valence-electron chi connectivity index (χ4n) is 2.21. The van der Waals surface area contributed by atoms with Crippen molar-refractivity contribution in [2.45, 2.75) is 39.3 Å². The van der Waals surface area contributed by atoms with Gasteiger partial charge >= 0.3 is 6.09 Å². The standard InChI is InChI=1S/C14H22N2O3/c1-10-11(5-8-18-10)12-9-16(7-6-15-12)13(17)19-14(2,3)4/h5,8,12,15H,6-7,9H2,1-4H3. The van der Waals surface area contributed by atoms with E-state index in [9.17, 15) is 4.79 Å². The van der Waals surface area contributed by atoms with E-state index in [1.54, 1.807) is 11.2 Å². The molecule has 2 rings (SSSR count). The Balaban J connectivity index is 2.01. The van der Waals surface area contributed by atoms with E-state index in [-0.39, 0.29) is 12.1 Å². The Morgan fingerprint density at radius 1 is 1.53 bits per heavy atom. The molecule has 0 spiro atoms. The topological polar surface area (TPSA) is 54.7 Å². The van der Waals surface area contributed by atoms with Crippen molar-refractivity contribution in [2.75, 3.05) is 19.6 Å². The minimum atomic E-state index is -0.455. The van der Waals surface area contributed by atoms with Crippen LogP contribution in [0, 0.1) is 6.92 Å². The van der Waals surface area contributed by atoms with E-state index in [2.05, 4.69) is 5.32 Å². The summed E-state index contributed by atoms with van der Waals surface area (Å²) in [6, 6.07) is 2.06. The average molecular weight is 266 g/mol. The molecule has 2 heterocycles. The Labute approximate surface area is 113 Å². The minimum absolute atomic E-state index is 0.111. The van der Waals surface area contributed by atoms with Crippen molar-refractivity contribution < 1.29 is 13.9 Å². The third-order valence-electron chi connectivity index (χ3n) is 3.10. The van der Waals surface area contributed by atoms with Crippen molar-refractivity contribution in [3.63, 3.8) is 0 Å². The molecule has 1 N–H and O–H groups in total.